The lowest BCUT2D eigenvalue weighted by Crippen LogP contribution is -2.45. The van der Waals surface area contributed by atoms with Crippen molar-refractivity contribution in [2.24, 2.45) is 5.92 Å². The summed E-state index contributed by atoms with van der Waals surface area (Å²) in [5.41, 5.74) is 5.56. The molecule has 44 heavy (non-hydrogen) atoms. The number of hydrogen-bond donors (Lipinski definition) is 3. The summed E-state index contributed by atoms with van der Waals surface area (Å²) in [6.07, 6.45) is -0.617. The number of anilines is 1. The van der Waals surface area contributed by atoms with Crippen LogP contribution in [0.3, 0.4) is 0 Å². The molecule has 0 aromatic heterocycles. The van der Waals surface area contributed by atoms with Crippen molar-refractivity contribution in [3.63, 3.8) is 0 Å². The minimum atomic E-state index is -1.02. The van der Waals surface area contributed by atoms with E-state index in [2.05, 4.69) is 29.3 Å². The van der Waals surface area contributed by atoms with Crippen LogP contribution in [0.25, 0.3) is 0 Å². The molecule has 3 aromatic carbocycles. The second kappa shape index (κ2) is 14.2. The number of aliphatic hydroxyl groups is 1. The van der Waals surface area contributed by atoms with E-state index in [1.165, 1.54) is 11.1 Å². The van der Waals surface area contributed by atoms with E-state index in [1.54, 1.807) is 26.4 Å². The monoisotopic (exact) mass is 604 g/mol. The number of methoxy groups -OCH3 is 2. The van der Waals surface area contributed by atoms with Gasteiger partial charge in [0.05, 0.1) is 39.5 Å². The molecule has 0 radical (unpaired) electrons. The minimum Gasteiger partial charge on any atom is -0.493 e. The van der Waals surface area contributed by atoms with Crippen molar-refractivity contribution >= 4 is 17.6 Å². The molecular formula is C34H40N2O8. The third-order valence-corrected chi connectivity index (χ3v) is 8.37. The van der Waals surface area contributed by atoms with E-state index in [1.807, 2.05) is 36.4 Å². The van der Waals surface area contributed by atoms with Gasteiger partial charge in [0.25, 0.3) is 0 Å². The number of rotatable bonds is 11. The summed E-state index contributed by atoms with van der Waals surface area (Å²) in [6, 6.07) is 19.2. The molecule has 2 aliphatic rings. The number of aliphatic hydroxyl groups excluding tert-OH is 1. The molecule has 10 heteroatoms. The molecule has 1 amide bonds. The number of nitrogens with zero attached hydrogens (tertiary/aromatic N) is 1. The van der Waals surface area contributed by atoms with Crippen molar-refractivity contribution in [1.82, 2.24) is 4.90 Å². The number of carbonyl (C=O) groups is 2. The Morgan fingerprint density at radius 1 is 0.955 bits per heavy atom. The van der Waals surface area contributed by atoms with Gasteiger partial charge in [-0.2, -0.15) is 0 Å². The number of amides is 1. The predicted octanol–water partition coefficient (Wildman–Crippen LogP) is 4.85. The number of carbonyl (C=O) groups excluding carboxylic acids is 1. The second-order valence-electron chi connectivity index (χ2n) is 11.4. The Hall–Kier alpha value is -3.96. The zero-order valence-electron chi connectivity index (χ0n) is 25.3. The number of aliphatic carboxylic acids is 1. The fraction of sp³-hybridized carbons (Fsp3) is 0.412. The molecule has 5 rings (SSSR count). The van der Waals surface area contributed by atoms with Crippen LogP contribution in [0.1, 0.15) is 60.0 Å². The van der Waals surface area contributed by atoms with Crippen molar-refractivity contribution in [1.29, 1.82) is 0 Å². The fourth-order valence-electron chi connectivity index (χ4n) is 5.89. The Morgan fingerprint density at radius 3 is 2.36 bits per heavy atom. The van der Waals surface area contributed by atoms with Gasteiger partial charge in [0.2, 0.25) is 5.91 Å². The van der Waals surface area contributed by atoms with Gasteiger partial charge in [0.15, 0.2) is 17.8 Å². The standard InChI is InChI=1S/C34H40N2O8/c1-21-30(19-36-14-13-24-16-28(41-2)29(42-3)17-26(24)18-36)43-34(44-33(21)23-9-7-22(20-37)8-10-23)25-5-4-6-27(15-25)35-31(38)11-12-32(39)40/h4-10,15-17,21,30,33-34,37H,11-14,18-20H2,1-3H3,(H,35,38)(H,39,40). The number of hydrogen-bond acceptors (Lipinski definition) is 8. The zero-order valence-corrected chi connectivity index (χ0v) is 25.3. The summed E-state index contributed by atoms with van der Waals surface area (Å²) < 4.78 is 24.3. The van der Waals surface area contributed by atoms with Crippen LogP contribution in [0.4, 0.5) is 5.69 Å². The van der Waals surface area contributed by atoms with Gasteiger partial charge in [-0.25, -0.2) is 0 Å². The average Bonchev–Trinajstić information content (AvgIpc) is 3.04. The largest absolute Gasteiger partial charge is 0.493 e. The third kappa shape index (κ3) is 7.39. The molecule has 4 unspecified atom stereocenters. The van der Waals surface area contributed by atoms with E-state index in [4.69, 9.17) is 24.1 Å². The predicted molar refractivity (Wildman–Crippen MR) is 163 cm³/mol. The van der Waals surface area contributed by atoms with Crippen LogP contribution >= 0.6 is 0 Å². The van der Waals surface area contributed by atoms with E-state index in [0.29, 0.717) is 18.0 Å². The van der Waals surface area contributed by atoms with Crippen molar-refractivity contribution < 1.29 is 38.7 Å². The lowest BCUT2D eigenvalue weighted by molar-refractivity contribution is -0.276. The number of nitrogens with one attached hydrogen (secondary N) is 1. The van der Waals surface area contributed by atoms with Gasteiger partial charge in [-0.3, -0.25) is 14.5 Å². The molecule has 4 atom stereocenters. The van der Waals surface area contributed by atoms with Crippen LogP contribution in [0.2, 0.25) is 0 Å². The van der Waals surface area contributed by atoms with Crippen LogP contribution in [-0.4, -0.2) is 60.4 Å². The van der Waals surface area contributed by atoms with Crippen molar-refractivity contribution in [3.8, 4) is 11.5 Å². The lowest BCUT2D eigenvalue weighted by atomic mass is 9.89. The highest BCUT2D eigenvalue weighted by Crippen LogP contribution is 2.43. The van der Waals surface area contributed by atoms with E-state index in [9.17, 15) is 14.7 Å². The maximum atomic E-state index is 12.3. The number of carboxylic acid groups (broad SMARTS) is 1. The van der Waals surface area contributed by atoms with Gasteiger partial charge >= 0.3 is 5.97 Å². The third-order valence-electron chi connectivity index (χ3n) is 8.37. The Balaban J connectivity index is 1.37. The highest BCUT2D eigenvalue weighted by Gasteiger charge is 2.39. The Kier molecular flexibility index (Phi) is 10.2. The second-order valence-corrected chi connectivity index (χ2v) is 11.4. The van der Waals surface area contributed by atoms with Crippen molar-refractivity contribution in [2.75, 3.05) is 32.6 Å². The molecule has 0 aliphatic carbocycles. The maximum absolute atomic E-state index is 12.3. The van der Waals surface area contributed by atoms with Crippen molar-refractivity contribution in [3.05, 3.63) is 88.5 Å². The van der Waals surface area contributed by atoms with Gasteiger partial charge in [-0.05, 0) is 52.9 Å². The number of fused-ring (bicyclic) bond motifs is 1. The molecule has 3 N–H and O–H groups in total. The molecule has 10 nitrogen and oxygen atoms in total. The summed E-state index contributed by atoms with van der Waals surface area (Å²) >= 11 is 0. The molecule has 0 bridgehead atoms. The highest BCUT2D eigenvalue weighted by molar-refractivity contribution is 5.92. The van der Waals surface area contributed by atoms with Crippen LogP contribution in [0.5, 0.6) is 11.5 Å². The van der Waals surface area contributed by atoms with Gasteiger partial charge in [-0.15, -0.1) is 0 Å². The van der Waals surface area contributed by atoms with E-state index in [-0.39, 0.29) is 43.5 Å². The number of carboxylic acids is 1. The Labute approximate surface area is 257 Å². The normalized spacial score (nSPS) is 21.7. The number of benzene rings is 3. The quantitative estimate of drug-likeness (QED) is 0.282. The van der Waals surface area contributed by atoms with Crippen molar-refractivity contribution in [2.45, 2.75) is 57.8 Å². The topological polar surface area (TPSA) is 127 Å². The SMILES string of the molecule is COc1cc2c(cc1OC)CN(CC1OC(c3cccc(NC(=O)CCC(=O)O)c3)OC(c3ccc(CO)cc3)C1C)CC2. The summed E-state index contributed by atoms with van der Waals surface area (Å²) in [6.45, 7) is 4.41. The maximum Gasteiger partial charge on any atom is 0.303 e. The first-order valence-electron chi connectivity index (χ1n) is 14.9. The van der Waals surface area contributed by atoms with E-state index in [0.717, 1.165) is 42.0 Å². The van der Waals surface area contributed by atoms with Gasteiger partial charge in [0, 0.05) is 43.2 Å². The summed E-state index contributed by atoms with van der Waals surface area (Å²) in [7, 11) is 3.29. The van der Waals surface area contributed by atoms with Gasteiger partial charge in [-0.1, -0.05) is 43.3 Å². The molecule has 3 aromatic rings. The van der Waals surface area contributed by atoms with Gasteiger partial charge in [0.1, 0.15) is 0 Å². The van der Waals surface area contributed by atoms with Crippen LogP contribution in [0.15, 0.2) is 60.7 Å². The molecule has 2 aliphatic heterocycles. The summed E-state index contributed by atoms with van der Waals surface area (Å²) in [4.78, 5) is 25.6. The minimum absolute atomic E-state index is 0.0110. The lowest BCUT2D eigenvalue weighted by Gasteiger charge is -2.43. The Morgan fingerprint density at radius 2 is 1.68 bits per heavy atom. The van der Waals surface area contributed by atoms with Crippen LogP contribution in [0, 0.1) is 5.92 Å². The fourth-order valence-corrected chi connectivity index (χ4v) is 5.89. The first kappa shape index (κ1) is 31.5. The Bertz CT molecular complexity index is 1460. The zero-order chi connectivity index (χ0) is 31.2. The van der Waals surface area contributed by atoms with Gasteiger partial charge < -0.3 is 34.5 Å². The molecule has 0 spiro atoms. The average molecular weight is 605 g/mol. The molecule has 2 heterocycles. The molecule has 1 fully saturated rings. The van der Waals surface area contributed by atoms with E-state index >= 15 is 0 Å². The first-order chi connectivity index (χ1) is 21.3. The first-order valence-corrected chi connectivity index (χ1v) is 14.9. The van der Waals surface area contributed by atoms with Crippen LogP contribution in [-0.2, 0) is 38.6 Å². The number of ether oxygens (including phenoxy) is 4. The molecule has 1 saturated heterocycles. The molecule has 0 saturated carbocycles. The van der Waals surface area contributed by atoms with Crippen LogP contribution < -0.4 is 14.8 Å². The molecule has 234 valence electrons. The summed E-state index contributed by atoms with van der Waals surface area (Å²) in [5.74, 6) is 0.0663. The highest BCUT2D eigenvalue weighted by atomic mass is 16.7. The smallest absolute Gasteiger partial charge is 0.303 e. The summed E-state index contributed by atoms with van der Waals surface area (Å²) in [5, 5.41) is 21.2. The molecular weight excluding hydrogens is 564 g/mol. The van der Waals surface area contributed by atoms with E-state index < -0.39 is 12.3 Å².